The average molecular weight is 527 g/mol. The second kappa shape index (κ2) is 25.4. The Morgan fingerprint density at radius 1 is 1.05 bits per heavy atom. The van der Waals surface area contributed by atoms with Gasteiger partial charge < -0.3 is 25.0 Å². The number of fused-ring (bicyclic) bond motifs is 1. The molecule has 0 amide bonds. The van der Waals surface area contributed by atoms with Crippen LogP contribution in [-0.2, 0) is 9.53 Å². The van der Waals surface area contributed by atoms with Crippen LogP contribution in [-0.4, -0.2) is 43.1 Å². The number of allylic oxidation sites excluding steroid dienone is 3. The highest BCUT2D eigenvalue weighted by Crippen LogP contribution is 2.36. The van der Waals surface area contributed by atoms with Crippen LogP contribution in [0.15, 0.2) is 59.3 Å². The number of hydrogen-bond donors (Lipinski definition) is 2. The number of aromatic nitrogens is 2. The molecule has 0 aliphatic carbocycles. The van der Waals surface area contributed by atoms with Gasteiger partial charge in [-0.2, -0.15) is 0 Å². The van der Waals surface area contributed by atoms with Crippen molar-refractivity contribution in [1.82, 2.24) is 15.3 Å². The summed E-state index contributed by atoms with van der Waals surface area (Å²) >= 11 is 0. The van der Waals surface area contributed by atoms with Crippen molar-refractivity contribution in [3.05, 3.63) is 60.6 Å². The normalized spacial score (nSPS) is 13.4. The number of ether oxygens (including phenoxy) is 1. The zero-order valence-electron chi connectivity index (χ0n) is 25.0. The lowest BCUT2D eigenvalue weighted by molar-refractivity contribution is -0.107. The molecule has 3 N–H and O–H groups in total. The highest BCUT2D eigenvalue weighted by Gasteiger charge is 2.17. The molecular weight excluding hydrogens is 476 g/mol. The number of carbonyl (C=O) groups excluding carboxylic acids is 1. The van der Waals surface area contributed by atoms with E-state index in [0.717, 1.165) is 35.2 Å². The number of carbonyl (C=O) groups is 1. The molecule has 7 nitrogen and oxygen atoms in total. The maximum absolute atomic E-state index is 9.51. The van der Waals surface area contributed by atoms with Crippen LogP contribution in [0.2, 0.25) is 0 Å². The monoisotopic (exact) mass is 526 g/mol. The summed E-state index contributed by atoms with van der Waals surface area (Å²) in [5, 5.41) is 3.52. The third kappa shape index (κ3) is 14.4. The molecular formula is C31H50N4O3. The first kappa shape index (κ1) is 36.9. The van der Waals surface area contributed by atoms with Crippen LogP contribution in [0.1, 0.15) is 73.5 Å². The minimum atomic E-state index is 0.434. The predicted molar refractivity (Wildman–Crippen MR) is 164 cm³/mol. The molecule has 1 fully saturated rings. The molecule has 2 aromatic heterocycles. The Morgan fingerprint density at radius 3 is 2.11 bits per heavy atom. The Hall–Kier alpha value is -3.29. The van der Waals surface area contributed by atoms with Gasteiger partial charge in [0.25, 0.3) is 0 Å². The van der Waals surface area contributed by atoms with Gasteiger partial charge in [0, 0.05) is 18.6 Å². The van der Waals surface area contributed by atoms with Crippen molar-refractivity contribution in [2.75, 3.05) is 26.4 Å². The zero-order valence-corrected chi connectivity index (χ0v) is 25.0. The first-order valence-corrected chi connectivity index (χ1v) is 13.5. The van der Waals surface area contributed by atoms with Crippen LogP contribution >= 0.6 is 0 Å². The third-order valence-electron chi connectivity index (χ3n) is 4.55. The van der Waals surface area contributed by atoms with E-state index in [1.807, 2.05) is 110 Å². The molecule has 1 aromatic carbocycles. The largest absolute Gasteiger partial charge is 0.437 e. The molecule has 0 radical (unpaired) electrons. The number of furan rings is 1. The lowest BCUT2D eigenvalue weighted by Crippen LogP contribution is -1.94. The minimum absolute atomic E-state index is 0.434. The Balaban J connectivity index is 0. The van der Waals surface area contributed by atoms with Crippen molar-refractivity contribution < 1.29 is 13.9 Å². The van der Waals surface area contributed by atoms with E-state index in [0.29, 0.717) is 24.1 Å². The average Bonchev–Trinajstić information content (AvgIpc) is 3.59. The van der Waals surface area contributed by atoms with Gasteiger partial charge in [0.05, 0.1) is 11.5 Å². The fraction of sp³-hybridized carbons (Fsp3) is 0.452. The smallest absolute Gasteiger partial charge is 0.232 e. The van der Waals surface area contributed by atoms with E-state index in [1.54, 1.807) is 0 Å². The van der Waals surface area contributed by atoms with Crippen molar-refractivity contribution in [3.63, 3.8) is 0 Å². The summed E-state index contributed by atoms with van der Waals surface area (Å²) in [6.45, 7) is 14.9. The van der Waals surface area contributed by atoms with Gasteiger partial charge in [-0.05, 0) is 59.3 Å². The van der Waals surface area contributed by atoms with E-state index >= 15 is 0 Å². The number of nitrogens with two attached hydrogens (primary N) is 1. The number of nitrogens with one attached hydrogen (secondary N) is 1. The highest BCUT2D eigenvalue weighted by molar-refractivity contribution is 6.02. The van der Waals surface area contributed by atoms with E-state index in [2.05, 4.69) is 22.2 Å². The van der Waals surface area contributed by atoms with Crippen LogP contribution in [0.4, 0.5) is 5.82 Å². The van der Waals surface area contributed by atoms with Crippen LogP contribution in [0.3, 0.4) is 0 Å². The van der Waals surface area contributed by atoms with E-state index in [4.69, 9.17) is 14.9 Å². The van der Waals surface area contributed by atoms with Crippen LogP contribution in [0.25, 0.3) is 28.3 Å². The number of anilines is 1. The van der Waals surface area contributed by atoms with Crippen molar-refractivity contribution >= 4 is 29.3 Å². The molecule has 0 saturated carbocycles. The predicted octanol–water partition coefficient (Wildman–Crippen LogP) is 7.73. The fourth-order valence-electron chi connectivity index (χ4n) is 3.06. The number of aldehydes is 1. The summed E-state index contributed by atoms with van der Waals surface area (Å²) < 4.78 is 10.9. The first-order chi connectivity index (χ1) is 18.5. The van der Waals surface area contributed by atoms with Gasteiger partial charge in [0.1, 0.15) is 24.2 Å². The van der Waals surface area contributed by atoms with Gasteiger partial charge in [-0.1, -0.05) is 76.3 Å². The SMILES string of the molecule is C/C=C/c1oc2ncnc(N)c2c1-c1ccccc1.C/C=C\CC=O.CC.CC.CNC.C[C@@H]1CCCO1. The van der Waals surface area contributed by atoms with Crippen molar-refractivity contribution in [2.24, 2.45) is 0 Å². The Kier molecular flexibility index (Phi) is 24.6. The molecule has 0 unspecified atom stereocenters. The van der Waals surface area contributed by atoms with Crippen LogP contribution in [0.5, 0.6) is 0 Å². The molecule has 0 bridgehead atoms. The Bertz CT molecular complexity index is 1010. The molecule has 38 heavy (non-hydrogen) atoms. The van der Waals surface area contributed by atoms with E-state index in [1.165, 1.54) is 19.2 Å². The maximum atomic E-state index is 9.51. The number of hydrogen-bond acceptors (Lipinski definition) is 7. The number of nitrogens with zero attached hydrogens (tertiary/aromatic N) is 2. The molecule has 4 rings (SSSR count). The first-order valence-electron chi connectivity index (χ1n) is 13.5. The summed E-state index contributed by atoms with van der Waals surface area (Å²) in [5.74, 6) is 1.18. The highest BCUT2D eigenvalue weighted by atomic mass is 16.5. The summed E-state index contributed by atoms with van der Waals surface area (Å²) in [6, 6.07) is 9.97. The summed E-state index contributed by atoms with van der Waals surface area (Å²) in [7, 11) is 3.75. The lowest BCUT2D eigenvalue weighted by atomic mass is 10.0. The van der Waals surface area contributed by atoms with Crippen molar-refractivity contribution in [3.8, 4) is 11.1 Å². The van der Waals surface area contributed by atoms with E-state index < -0.39 is 0 Å². The second-order valence-electron chi connectivity index (χ2n) is 7.44. The summed E-state index contributed by atoms with van der Waals surface area (Å²) in [4.78, 5) is 17.7. The van der Waals surface area contributed by atoms with Crippen LogP contribution < -0.4 is 11.1 Å². The van der Waals surface area contributed by atoms with Crippen molar-refractivity contribution in [2.45, 2.75) is 73.8 Å². The molecule has 3 aromatic rings. The molecule has 0 spiro atoms. The standard InChI is InChI=1S/C15H13N3O.C5H10O.C5H8O.C2H7N.2C2H6/c1-2-6-11-12(10-7-4-3-5-8-10)13-14(16)17-9-18-15(13)19-11;1-5-3-2-4-6-5;1-2-3-4-5-6;1-3-2;2*1-2/h2-9H,1H3,(H2,16,17,18);5H,2-4H2,1H3;2-3,5H,4H2,1H3;3H,1-2H3;2*1-2H3/b6-2+;;3-2-;;;/t;5-;;;;/m.1..../s1. The molecule has 1 aliphatic heterocycles. The van der Waals surface area contributed by atoms with Gasteiger partial charge in [-0.3, -0.25) is 0 Å². The Labute approximate surface area is 230 Å². The van der Waals surface area contributed by atoms with E-state index in [-0.39, 0.29) is 0 Å². The number of rotatable bonds is 4. The van der Waals surface area contributed by atoms with E-state index in [9.17, 15) is 4.79 Å². The third-order valence-corrected chi connectivity index (χ3v) is 4.55. The summed E-state index contributed by atoms with van der Waals surface area (Å²) in [6.07, 6.45) is 13.4. The quantitative estimate of drug-likeness (QED) is 0.265. The van der Waals surface area contributed by atoms with Gasteiger partial charge in [-0.25, -0.2) is 9.97 Å². The molecule has 1 saturated heterocycles. The Morgan fingerprint density at radius 2 is 1.68 bits per heavy atom. The fourth-order valence-corrected chi connectivity index (χ4v) is 3.06. The maximum Gasteiger partial charge on any atom is 0.232 e. The van der Waals surface area contributed by atoms with Gasteiger partial charge in [0.2, 0.25) is 5.71 Å². The summed E-state index contributed by atoms with van der Waals surface area (Å²) in [5.41, 5.74) is 8.46. The topological polar surface area (TPSA) is 103 Å². The molecule has 3 heterocycles. The minimum Gasteiger partial charge on any atom is -0.437 e. The van der Waals surface area contributed by atoms with Gasteiger partial charge in [-0.15, -0.1) is 0 Å². The zero-order chi connectivity index (χ0) is 29.2. The number of benzene rings is 1. The van der Waals surface area contributed by atoms with Crippen LogP contribution in [0, 0.1) is 0 Å². The number of nitrogen functional groups attached to an aromatic ring is 1. The molecule has 1 aliphatic rings. The van der Waals surface area contributed by atoms with Gasteiger partial charge >= 0.3 is 0 Å². The molecule has 212 valence electrons. The van der Waals surface area contributed by atoms with Gasteiger partial charge in [0.15, 0.2) is 0 Å². The van der Waals surface area contributed by atoms with Crippen molar-refractivity contribution in [1.29, 1.82) is 0 Å². The lowest BCUT2D eigenvalue weighted by Gasteiger charge is -2.01. The molecule has 7 heteroatoms. The second-order valence-corrected chi connectivity index (χ2v) is 7.44. The molecule has 1 atom stereocenters.